The van der Waals surface area contributed by atoms with Crippen molar-refractivity contribution in [1.29, 1.82) is 0 Å². The summed E-state index contributed by atoms with van der Waals surface area (Å²) in [5, 5.41) is 4.92. The summed E-state index contributed by atoms with van der Waals surface area (Å²) < 4.78 is 9.23. The van der Waals surface area contributed by atoms with Crippen LogP contribution in [0.1, 0.15) is 0 Å². The zero-order valence-corrected chi connectivity index (χ0v) is 24.6. The van der Waals surface area contributed by atoms with Crippen LogP contribution in [0, 0.1) is 0 Å². The van der Waals surface area contributed by atoms with Crippen LogP contribution >= 0.6 is 11.3 Å². The first-order valence-corrected chi connectivity index (χ1v) is 15.7. The van der Waals surface area contributed by atoms with Gasteiger partial charge < -0.3 is 4.42 Å². The molecule has 2 heteroatoms. The number of fused-ring (bicyclic) bond motifs is 6. The van der Waals surface area contributed by atoms with Crippen molar-refractivity contribution in [3.05, 3.63) is 158 Å². The fraction of sp³-hybridized carbons (Fsp3) is 0. The molecule has 0 spiro atoms. The van der Waals surface area contributed by atoms with Gasteiger partial charge in [-0.3, -0.25) is 0 Å². The van der Waals surface area contributed by atoms with Crippen molar-refractivity contribution in [2.24, 2.45) is 0 Å². The van der Waals surface area contributed by atoms with Gasteiger partial charge in [-0.05, 0) is 63.2 Å². The molecular formula is C42H26OS. The first-order valence-electron chi connectivity index (χ1n) is 14.9. The summed E-state index contributed by atoms with van der Waals surface area (Å²) in [5.74, 6) is 0. The Labute approximate surface area is 259 Å². The molecule has 0 aliphatic carbocycles. The van der Waals surface area contributed by atoms with Crippen LogP contribution in [0.3, 0.4) is 0 Å². The van der Waals surface area contributed by atoms with E-state index >= 15 is 0 Å². The highest BCUT2D eigenvalue weighted by Gasteiger charge is 2.15. The van der Waals surface area contributed by atoms with Gasteiger partial charge in [-0.15, -0.1) is 11.3 Å². The Morgan fingerprint density at radius 1 is 0.364 bits per heavy atom. The van der Waals surface area contributed by atoms with E-state index in [0.29, 0.717) is 0 Å². The smallest absolute Gasteiger partial charge is 0.143 e. The largest absolute Gasteiger partial charge is 0.455 e. The fourth-order valence-corrected chi connectivity index (χ4v) is 7.76. The van der Waals surface area contributed by atoms with Gasteiger partial charge in [-0.1, -0.05) is 133 Å². The standard InChI is InChI=1S/C42H26OS/c1-2-9-27(10-3-1)28-19-21-29(22-20-28)30-11-6-12-31(25-30)33-14-7-16-36-38-26-32(23-24-39(38)43-41(33)36)34-15-8-17-37-35-13-4-5-18-40(35)44-42(34)37/h1-26H. The van der Waals surface area contributed by atoms with E-state index in [0.717, 1.165) is 33.1 Å². The van der Waals surface area contributed by atoms with Gasteiger partial charge in [0.25, 0.3) is 0 Å². The van der Waals surface area contributed by atoms with Crippen molar-refractivity contribution in [2.75, 3.05) is 0 Å². The summed E-state index contributed by atoms with van der Waals surface area (Å²) in [4.78, 5) is 0. The van der Waals surface area contributed by atoms with Crippen LogP contribution in [0.5, 0.6) is 0 Å². The van der Waals surface area contributed by atoms with E-state index in [1.165, 1.54) is 53.6 Å². The average molecular weight is 579 g/mol. The van der Waals surface area contributed by atoms with Gasteiger partial charge in [0.15, 0.2) is 0 Å². The molecule has 2 aromatic heterocycles. The average Bonchev–Trinajstić information content (AvgIpc) is 3.67. The number of para-hydroxylation sites is 1. The molecule has 9 aromatic rings. The Morgan fingerprint density at radius 3 is 1.82 bits per heavy atom. The van der Waals surface area contributed by atoms with Crippen molar-refractivity contribution in [1.82, 2.24) is 0 Å². The summed E-state index contributed by atoms with van der Waals surface area (Å²) in [5.41, 5.74) is 11.4. The minimum absolute atomic E-state index is 0.910. The molecule has 0 unspecified atom stereocenters. The molecule has 0 fully saturated rings. The molecule has 0 saturated heterocycles. The number of hydrogen-bond donors (Lipinski definition) is 0. The second kappa shape index (κ2) is 10.1. The normalized spacial score (nSPS) is 11.6. The predicted octanol–water partition coefficient (Wildman–Crippen LogP) is 12.6. The Bertz CT molecular complexity index is 2480. The van der Waals surface area contributed by atoms with Crippen molar-refractivity contribution < 1.29 is 4.42 Å². The quantitative estimate of drug-likeness (QED) is 0.202. The highest BCUT2D eigenvalue weighted by molar-refractivity contribution is 7.26. The van der Waals surface area contributed by atoms with E-state index in [4.69, 9.17) is 4.42 Å². The van der Waals surface area contributed by atoms with Crippen LogP contribution in [-0.4, -0.2) is 0 Å². The second-order valence-electron chi connectivity index (χ2n) is 11.3. The van der Waals surface area contributed by atoms with Crippen molar-refractivity contribution in [3.8, 4) is 44.5 Å². The highest BCUT2D eigenvalue weighted by atomic mass is 32.1. The third-order valence-electron chi connectivity index (χ3n) is 8.71. The van der Waals surface area contributed by atoms with Crippen LogP contribution < -0.4 is 0 Å². The van der Waals surface area contributed by atoms with Gasteiger partial charge in [-0.25, -0.2) is 0 Å². The van der Waals surface area contributed by atoms with E-state index in [2.05, 4.69) is 158 Å². The van der Waals surface area contributed by atoms with Gasteiger partial charge >= 0.3 is 0 Å². The lowest BCUT2D eigenvalue weighted by molar-refractivity contribution is 0.670. The summed E-state index contributed by atoms with van der Waals surface area (Å²) in [6, 6.07) is 56.6. The van der Waals surface area contributed by atoms with Crippen LogP contribution in [0.4, 0.5) is 0 Å². The highest BCUT2D eigenvalue weighted by Crippen LogP contribution is 2.42. The molecule has 206 valence electrons. The summed E-state index contributed by atoms with van der Waals surface area (Å²) in [6.07, 6.45) is 0. The minimum Gasteiger partial charge on any atom is -0.455 e. The molecule has 0 bridgehead atoms. The zero-order chi connectivity index (χ0) is 29.0. The monoisotopic (exact) mass is 578 g/mol. The van der Waals surface area contributed by atoms with Crippen molar-refractivity contribution in [2.45, 2.75) is 0 Å². The molecule has 0 radical (unpaired) electrons. The molecular weight excluding hydrogens is 553 g/mol. The van der Waals surface area contributed by atoms with Crippen LogP contribution in [0.15, 0.2) is 162 Å². The van der Waals surface area contributed by atoms with Crippen LogP contribution in [0.2, 0.25) is 0 Å². The zero-order valence-electron chi connectivity index (χ0n) is 23.8. The molecule has 0 atom stereocenters. The van der Waals surface area contributed by atoms with Crippen LogP contribution in [0.25, 0.3) is 86.6 Å². The molecule has 7 aromatic carbocycles. The van der Waals surface area contributed by atoms with Crippen molar-refractivity contribution >= 4 is 53.4 Å². The molecule has 0 aliphatic rings. The first kappa shape index (κ1) is 25.1. The third-order valence-corrected chi connectivity index (χ3v) is 9.93. The number of benzene rings is 7. The number of hydrogen-bond acceptors (Lipinski definition) is 2. The van der Waals surface area contributed by atoms with Crippen LogP contribution in [-0.2, 0) is 0 Å². The molecule has 0 aliphatic heterocycles. The maximum absolute atomic E-state index is 6.58. The number of rotatable bonds is 4. The molecule has 0 amide bonds. The molecule has 9 rings (SSSR count). The fourth-order valence-electron chi connectivity index (χ4n) is 6.52. The minimum atomic E-state index is 0.910. The molecule has 2 heterocycles. The maximum atomic E-state index is 6.58. The SMILES string of the molecule is c1ccc(-c2ccc(-c3cccc(-c4cccc5c4oc4ccc(-c6cccc7c6sc6ccccc67)cc45)c3)cc2)cc1. The first-order chi connectivity index (χ1) is 21.8. The molecule has 0 N–H and O–H groups in total. The van der Waals surface area contributed by atoms with Gasteiger partial charge in [0, 0.05) is 36.5 Å². The molecule has 1 nitrogen and oxygen atoms in total. The van der Waals surface area contributed by atoms with E-state index in [1.807, 2.05) is 11.3 Å². The predicted molar refractivity (Wildman–Crippen MR) is 188 cm³/mol. The molecule has 44 heavy (non-hydrogen) atoms. The van der Waals surface area contributed by atoms with Crippen molar-refractivity contribution in [3.63, 3.8) is 0 Å². The van der Waals surface area contributed by atoms with E-state index in [1.54, 1.807) is 0 Å². The number of thiophene rings is 1. The van der Waals surface area contributed by atoms with E-state index in [-0.39, 0.29) is 0 Å². The summed E-state index contributed by atoms with van der Waals surface area (Å²) >= 11 is 1.87. The lowest BCUT2D eigenvalue weighted by atomic mass is 9.96. The lowest BCUT2D eigenvalue weighted by Gasteiger charge is -2.08. The third kappa shape index (κ3) is 4.07. The van der Waals surface area contributed by atoms with Gasteiger partial charge in [-0.2, -0.15) is 0 Å². The topological polar surface area (TPSA) is 13.1 Å². The lowest BCUT2D eigenvalue weighted by Crippen LogP contribution is -1.83. The van der Waals surface area contributed by atoms with Gasteiger partial charge in [0.1, 0.15) is 11.2 Å². The van der Waals surface area contributed by atoms with E-state index in [9.17, 15) is 0 Å². The Hall–Kier alpha value is -5.44. The Morgan fingerprint density at radius 2 is 0.955 bits per heavy atom. The van der Waals surface area contributed by atoms with Gasteiger partial charge in [0.05, 0.1) is 0 Å². The molecule has 0 saturated carbocycles. The number of furan rings is 1. The van der Waals surface area contributed by atoms with E-state index < -0.39 is 0 Å². The summed E-state index contributed by atoms with van der Waals surface area (Å²) in [7, 11) is 0. The Balaban J connectivity index is 1.13. The van der Waals surface area contributed by atoms with Gasteiger partial charge in [0.2, 0.25) is 0 Å². The second-order valence-corrected chi connectivity index (χ2v) is 12.4. The maximum Gasteiger partial charge on any atom is 0.143 e. The summed E-state index contributed by atoms with van der Waals surface area (Å²) in [6.45, 7) is 0. The Kier molecular flexibility index (Phi) is 5.75.